The van der Waals surface area contributed by atoms with E-state index in [1.165, 1.54) is 18.4 Å². The SMILES string of the molecule is COC(=O)NCCO/N=C(\C(=O)C[C@@H]1C(=O)N2[C@@H]1[S@@](=O)C[C@@H]1CC(=O)O[C@@]12C(=O)OCC=C(C)C)c1csc(C)n1. The van der Waals surface area contributed by atoms with Crippen LogP contribution in [-0.2, 0) is 49.0 Å². The molecular formula is C25H30N4O10S2. The van der Waals surface area contributed by atoms with E-state index in [0.29, 0.717) is 5.01 Å². The summed E-state index contributed by atoms with van der Waals surface area (Å²) in [6.45, 7) is 5.26. The highest BCUT2D eigenvalue weighted by molar-refractivity contribution is 7.85. The summed E-state index contributed by atoms with van der Waals surface area (Å²) in [6, 6.07) is 0. The Bertz CT molecular complexity index is 1340. The summed E-state index contributed by atoms with van der Waals surface area (Å²) >= 11 is 1.28. The number of alkyl carbamates (subject to hydrolysis) is 1. The Hall–Kier alpha value is -3.66. The molecule has 3 fully saturated rings. The topological polar surface area (TPSA) is 180 Å². The fourth-order valence-corrected chi connectivity index (χ4v) is 7.41. The fraction of sp³-hybridized carbons (Fsp3) is 0.560. The van der Waals surface area contributed by atoms with E-state index in [2.05, 4.69) is 20.2 Å². The van der Waals surface area contributed by atoms with Gasteiger partial charge in [0.25, 0.3) is 5.72 Å². The summed E-state index contributed by atoms with van der Waals surface area (Å²) in [5, 5.41) is 7.54. The lowest BCUT2D eigenvalue weighted by Gasteiger charge is -2.56. The van der Waals surface area contributed by atoms with Gasteiger partial charge in [0.05, 0.1) is 36.9 Å². The standard InChI is InChI=1S/C25H30N4O10S2/c1-13(2)5-7-37-23(33)25-15(9-19(31)39-25)12-41(35)22-16(21(32)29(22)25)10-18(30)20(17-11-40-14(3)27-17)28-38-8-6-26-24(34)36-4/h5,11,15-16,22H,6-10,12H2,1-4H3,(H,26,34)/b28-20-/t15-,16+,22+,25+,41-/m0/s1. The number of aryl methyl sites for hydroxylation is 1. The number of allylic oxidation sites excluding steroid dienone is 1. The molecule has 3 saturated heterocycles. The van der Waals surface area contributed by atoms with Crippen LogP contribution in [0.15, 0.2) is 22.2 Å². The summed E-state index contributed by atoms with van der Waals surface area (Å²) < 4.78 is 28.5. The van der Waals surface area contributed by atoms with Crippen LogP contribution in [0, 0.1) is 18.8 Å². The first kappa shape index (κ1) is 30.3. The maximum Gasteiger partial charge on any atom is 0.406 e. The van der Waals surface area contributed by atoms with E-state index in [4.69, 9.17) is 14.3 Å². The number of ether oxygens (including phenoxy) is 3. The summed E-state index contributed by atoms with van der Waals surface area (Å²) in [5.41, 5.74) is -1.05. The third-order valence-electron chi connectivity index (χ3n) is 6.72. The number of ketones is 1. The number of oxime groups is 1. The second kappa shape index (κ2) is 12.5. The molecule has 16 heteroatoms. The third kappa shape index (κ3) is 6.02. The van der Waals surface area contributed by atoms with Gasteiger partial charge in [-0.05, 0) is 26.8 Å². The molecular weight excluding hydrogens is 580 g/mol. The molecule has 0 spiro atoms. The molecule has 0 aliphatic carbocycles. The molecule has 0 radical (unpaired) electrons. The number of β-lactam (4-membered cyclic amide) rings is 1. The normalized spacial score (nSPS) is 26.6. The van der Waals surface area contributed by atoms with Gasteiger partial charge in [-0.2, -0.15) is 0 Å². The van der Waals surface area contributed by atoms with Gasteiger partial charge in [0.1, 0.15) is 24.3 Å². The molecule has 1 aromatic rings. The summed E-state index contributed by atoms with van der Waals surface area (Å²) in [5.74, 6) is -4.85. The number of amides is 2. The molecule has 41 heavy (non-hydrogen) atoms. The van der Waals surface area contributed by atoms with Crippen LogP contribution in [-0.4, -0.2) is 93.2 Å². The van der Waals surface area contributed by atoms with Crippen molar-refractivity contribution in [3.63, 3.8) is 0 Å². The number of methoxy groups -OCH3 is 1. The van der Waals surface area contributed by atoms with Crippen molar-refractivity contribution in [3.05, 3.63) is 27.7 Å². The first-order valence-corrected chi connectivity index (χ1v) is 15.0. The highest BCUT2D eigenvalue weighted by Gasteiger charge is 2.73. The Morgan fingerprint density at radius 3 is 2.76 bits per heavy atom. The average molecular weight is 611 g/mol. The van der Waals surface area contributed by atoms with Crippen LogP contribution >= 0.6 is 11.3 Å². The van der Waals surface area contributed by atoms with Gasteiger partial charge in [-0.3, -0.25) is 23.5 Å². The number of esters is 2. The van der Waals surface area contributed by atoms with E-state index in [1.54, 1.807) is 18.4 Å². The first-order valence-electron chi connectivity index (χ1n) is 12.7. The van der Waals surface area contributed by atoms with Gasteiger partial charge in [-0.25, -0.2) is 14.6 Å². The zero-order valence-electron chi connectivity index (χ0n) is 22.9. The Balaban J connectivity index is 1.53. The van der Waals surface area contributed by atoms with Crippen molar-refractivity contribution in [2.24, 2.45) is 17.0 Å². The Labute approximate surface area is 241 Å². The lowest BCUT2D eigenvalue weighted by molar-refractivity contribution is -0.222. The van der Waals surface area contributed by atoms with Crippen molar-refractivity contribution in [3.8, 4) is 0 Å². The molecule has 5 atom stereocenters. The highest BCUT2D eigenvalue weighted by atomic mass is 32.2. The molecule has 1 N–H and O–H groups in total. The molecule has 0 aromatic carbocycles. The van der Waals surface area contributed by atoms with Crippen LogP contribution in [0.5, 0.6) is 0 Å². The number of hydrogen-bond acceptors (Lipinski definition) is 13. The van der Waals surface area contributed by atoms with Crippen LogP contribution < -0.4 is 5.32 Å². The van der Waals surface area contributed by atoms with Gasteiger partial charge in [-0.15, -0.1) is 11.3 Å². The third-order valence-corrected chi connectivity index (χ3v) is 9.30. The van der Waals surface area contributed by atoms with E-state index in [1.807, 2.05) is 13.8 Å². The van der Waals surface area contributed by atoms with Crippen molar-refractivity contribution in [2.75, 3.05) is 32.6 Å². The van der Waals surface area contributed by atoms with E-state index in [-0.39, 0.29) is 43.3 Å². The zero-order chi connectivity index (χ0) is 29.9. The number of carbonyl (C=O) groups is 5. The molecule has 222 valence electrons. The number of aromatic nitrogens is 1. The minimum Gasteiger partial charge on any atom is -0.457 e. The number of fused-ring (bicyclic) bond motifs is 3. The molecule has 2 amide bonds. The lowest BCUT2D eigenvalue weighted by atomic mass is 9.84. The number of rotatable bonds is 11. The van der Waals surface area contributed by atoms with Gasteiger partial charge in [-0.1, -0.05) is 10.7 Å². The van der Waals surface area contributed by atoms with Crippen molar-refractivity contribution in [1.82, 2.24) is 15.2 Å². The molecule has 0 bridgehead atoms. The van der Waals surface area contributed by atoms with Crippen LogP contribution in [0.2, 0.25) is 0 Å². The van der Waals surface area contributed by atoms with Gasteiger partial charge in [0, 0.05) is 28.4 Å². The fourth-order valence-electron chi connectivity index (χ4n) is 4.80. The predicted octanol–water partition coefficient (Wildman–Crippen LogP) is 0.803. The van der Waals surface area contributed by atoms with Crippen LogP contribution in [0.4, 0.5) is 4.79 Å². The quantitative estimate of drug-likeness (QED) is 0.0712. The molecule has 0 unspecified atom stereocenters. The van der Waals surface area contributed by atoms with Gasteiger partial charge in [0.15, 0.2) is 11.5 Å². The molecule has 14 nitrogen and oxygen atoms in total. The first-order chi connectivity index (χ1) is 19.5. The molecule has 1 aromatic heterocycles. The van der Waals surface area contributed by atoms with Crippen LogP contribution in [0.3, 0.4) is 0 Å². The number of Topliss-reactive ketones (excluding diaryl/α,β-unsaturated/α-hetero) is 1. The highest BCUT2D eigenvalue weighted by Crippen LogP contribution is 2.51. The van der Waals surface area contributed by atoms with Gasteiger partial charge >= 0.3 is 18.0 Å². The van der Waals surface area contributed by atoms with Gasteiger partial charge in [0.2, 0.25) is 5.91 Å². The van der Waals surface area contributed by atoms with Crippen molar-refractivity contribution in [2.45, 2.75) is 44.7 Å². The number of hydrogen-bond donors (Lipinski definition) is 1. The summed E-state index contributed by atoms with van der Waals surface area (Å²) in [7, 11) is -0.467. The maximum absolute atomic E-state index is 13.5. The van der Waals surface area contributed by atoms with E-state index < -0.39 is 69.9 Å². The minimum absolute atomic E-state index is 0.0521. The molecule has 3 aliphatic heterocycles. The molecule has 3 aliphatic rings. The largest absolute Gasteiger partial charge is 0.457 e. The number of thiazole rings is 1. The monoisotopic (exact) mass is 610 g/mol. The summed E-state index contributed by atoms with van der Waals surface area (Å²) in [6.07, 6.45) is 0.414. The van der Waals surface area contributed by atoms with E-state index in [0.717, 1.165) is 10.5 Å². The smallest absolute Gasteiger partial charge is 0.406 e. The second-order valence-corrected chi connectivity index (χ2v) is 12.4. The molecule has 4 heterocycles. The summed E-state index contributed by atoms with van der Waals surface area (Å²) in [4.78, 5) is 74.2. The minimum atomic E-state index is -2.03. The Morgan fingerprint density at radius 1 is 1.34 bits per heavy atom. The number of nitrogens with zero attached hydrogens (tertiary/aromatic N) is 3. The number of carbonyl (C=O) groups excluding carboxylic acids is 5. The van der Waals surface area contributed by atoms with Crippen LogP contribution in [0.25, 0.3) is 0 Å². The van der Waals surface area contributed by atoms with E-state index >= 15 is 0 Å². The van der Waals surface area contributed by atoms with Crippen molar-refractivity contribution in [1.29, 1.82) is 0 Å². The zero-order valence-corrected chi connectivity index (χ0v) is 24.5. The van der Waals surface area contributed by atoms with Gasteiger partial charge < -0.3 is 24.4 Å². The molecule has 0 saturated carbocycles. The number of nitrogens with one attached hydrogen (secondary N) is 1. The van der Waals surface area contributed by atoms with Crippen LogP contribution in [0.1, 0.15) is 37.4 Å². The van der Waals surface area contributed by atoms with Crippen molar-refractivity contribution < 1.29 is 47.2 Å². The maximum atomic E-state index is 13.5. The van der Waals surface area contributed by atoms with Crippen molar-refractivity contribution >= 4 is 57.6 Å². The average Bonchev–Trinajstić information content (AvgIpc) is 3.49. The Morgan fingerprint density at radius 2 is 2.10 bits per heavy atom. The Kier molecular flexibility index (Phi) is 9.21. The van der Waals surface area contributed by atoms with E-state index in [9.17, 15) is 28.2 Å². The second-order valence-electron chi connectivity index (χ2n) is 9.77. The molecule has 4 rings (SSSR count). The predicted molar refractivity (Wildman–Crippen MR) is 144 cm³/mol. The lowest BCUT2D eigenvalue weighted by Crippen LogP contribution is -2.78.